The molecule has 1 amide bonds. The lowest BCUT2D eigenvalue weighted by Crippen LogP contribution is -2.24. The molecule has 7 heteroatoms. The van der Waals surface area contributed by atoms with Crippen LogP contribution in [0.1, 0.15) is 16.1 Å². The number of nitrogens with zero attached hydrogens (tertiary/aromatic N) is 3. The minimum atomic E-state index is -0.496. The first-order valence-corrected chi connectivity index (χ1v) is 6.74. The summed E-state index contributed by atoms with van der Waals surface area (Å²) in [7, 11) is 0. The molecular formula is C16H16ClN5O. The van der Waals surface area contributed by atoms with E-state index in [1.807, 2.05) is 42.5 Å². The van der Waals surface area contributed by atoms with Crippen molar-refractivity contribution in [3.05, 3.63) is 59.9 Å². The molecular weight excluding hydrogens is 314 g/mol. The Morgan fingerprint density at radius 1 is 1.13 bits per heavy atom. The second-order valence-electron chi connectivity index (χ2n) is 4.95. The van der Waals surface area contributed by atoms with Crippen molar-refractivity contribution < 1.29 is 4.79 Å². The van der Waals surface area contributed by atoms with Gasteiger partial charge < -0.3 is 11.5 Å². The fraction of sp³-hybridized carbons (Fsp3) is 0.0625. The van der Waals surface area contributed by atoms with Crippen molar-refractivity contribution in [2.24, 2.45) is 16.5 Å². The van der Waals surface area contributed by atoms with Crippen LogP contribution in [0.2, 0.25) is 0 Å². The van der Waals surface area contributed by atoms with E-state index >= 15 is 0 Å². The third-order valence-corrected chi connectivity index (χ3v) is 3.36. The number of hydrogen-bond donors (Lipinski definition) is 2. The summed E-state index contributed by atoms with van der Waals surface area (Å²) in [6.45, 7) is 1.74. The van der Waals surface area contributed by atoms with Crippen molar-refractivity contribution in [2.75, 3.05) is 0 Å². The zero-order chi connectivity index (χ0) is 15.7. The number of aryl methyl sites for hydroxylation is 1. The molecule has 1 heterocycles. The molecule has 0 aliphatic carbocycles. The van der Waals surface area contributed by atoms with E-state index in [0.29, 0.717) is 11.3 Å². The molecule has 0 radical (unpaired) electrons. The van der Waals surface area contributed by atoms with Crippen LogP contribution in [-0.2, 0) is 0 Å². The molecule has 0 spiro atoms. The average Bonchev–Trinajstić information content (AvgIpc) is 2.88. The highest BCUT2D eigenvalue weighted by atomic mass is 35.5. The normalized spacial score (nSPS) is 10.1. The van der Waals surface area contributed by atoms with Gasteiger partial charge in [0.1, 0.15) is 0 Å². The molecule has 23 heavy (non-hydrogen) atoms. The third-order valence-electron chi connectivity index (χ3n) is 3.36. The van der Waals surface area contributed by atoms with Gasteiger partial charge in [0, 0.05) is 6.20 Å². The Bertz CT molecular complexity index is 896. The van der Waals surface area contributed by atoms with Crippen LogP contribution in [0.5, 0.6) is 0 Å². The van der Waals surface area contributed by atoms with Gasteiger partial charge in [0.15, 0.2) is 5.96 Å². The summed E-state index contributed by atoms with van der Waals surface area (Å²) in [6, 6.07) is 14.0. The molecule has 3 rings (SSSR count). The lowest BCUT2D eigenvalue weighted by molar-refractivity contribution is 0.100. The highest BCUT2D eigenvalue weighted by Gasteiger charge is 2.14. The number of fused-ring (bicyclic) bond motifs is 1. The Kier molecular flexibility index (Phi) is 4.66. The number of amides is 1. The first-order valence-electron chi connectivity index (χ1n) is 6.74. The summed E-state index contributed by atoms with van der Waals surface area (Å²) < 4.78 is 1.65. The van der Waals surface area contributed by atoms with E-state index in [1.54, 1.807) is 17.8 Å². The number of rotatable bonds is 2. The topological polar surface area (TPSA) is 99.3 Å². The second-order valence-corrected chi connectivity index (χ2v) is 4.95. The van der Waals surface area contributed by atoms with E-state index in [0.717, 1.165) is 16.5 Å². The molecule has 0 saturated carbocycles. The molecule has 118 valence electrons. The maximum absolute atomic E-state index is 11.9. The number of halogens is 1. The molecule has 0 aliphatic heterocycles. The molecule has 3 aromatic rings. The van der Waals surface area contributed by atoms with E-state index in [-0.39, 0.29) is 18.4 Å². The van der Waals surface area contributed by atoms with Gasteiger partial charge >= 0.3 is 0 Å². The zero-order valence-corrected chi connectivity index (χ0v) is 13.2. The smallest absolute Gasteiger partial charge is 0.283 e. The number of guanidine groups is 1. The van der Waals surface area contributed by atoms with Crippen molar-refractivity contribution in [1.82, 2.24) is 9.78 Å². The Labute approximate surface area is 139 Å². The van der Waals surface area contributed by atoms with Crippen LogP contribution >= 0.6 is 12.4 Å². The molecule has 0 aliphatic rings. The first-order chi connectivity index (χ1) is 10.5. The third kappa shape index (κ3) is 3.32. The number of carbonyl (C=O) groups excluding carboxylic acids is 1. The summed E-state index contributed by atoms with van der Waals surface area (Å²) in [6.07, 6.45) is 1.63. The molecule has 6 nitrogen and oxygen atoms in total. The number of benzene rings is 2. The lowest BCUT2D eigenvalue weighted by atomic mass is 10.1. The Balaban J connectivity index is 0.00000192. The van der Waals surface area contributed by atoms with Crippen molar-refractivity contribution in [1.29, 1.82) is 0 Å². The Hall–Kier alpha value is -2.86. The number of nitrogens with two attached hydrogens (primary N) is 2. The van der Waals surface area contributed by atoms with Crippen LogP contribution in [0.3, 0.4) is 0 Å². The van der Waals surface area contributed by atoms with Gasteiger partial charge in [0.2, 0.25) is 0 Å². The van der Waals surface area contributed by atoms with Crippen molar-refractivity contribution in [2.45, 2.75) is 6.92 Å². The van der Waals surface area contributed by atoms with Crippen molar-refractivity contribution in [3.63, 3.8) is 0 Å². The van der Waals surface area contributed by atoms with Crippen LogP contribution in [0.25, 0.3) is 16.5 Å². The Morgan fingerprint density at radius 3 is 2.52 bits per heavy atom. The SMILES string of the molecule is Cc1nn(-c2ccc3ccccc3c2)cc1C(=O)N=C(N)N.Cl. The van der Waals surface area contributed by atoms with Gasteiger partial charge in [0.25, 0.3) is 5.91 Å². The van der Waals surface area contributed by atoms with Crippen molar-refractivity contribution in [3.8, 4) is 5.69 Å². The van der Waals surface area contributed by atoms with Crippen LogP contribution < -0.4 is 11.5 Å². The maximum Gasteiger partial charge on any atom is 0.283 e. The van der Waals surface area contributed by atoms with Crippen molar-refractivity contribution >= 4 is 35.0 Å². The zero-order valence-electron chi connectivity index (χ0n) is 12.4. The summed E-state index contributed by atoms with van der Waals surface area (Å²) in [5, 5.41) is 6.61. The predicted molar refractivity (Wildman–Crippen MR) is 93.2 cm³/mol. The second kappa shape index (κ2) is 6.50. The lowest BCUT2D eigenvalue weighted by Gasteiger charge is -2.03. The quantitative estimate of drug-likeness (QED) is 0.556. The predicted octanol–water partition coefficient (Wildman–Crippen LogP) is 2.17. The van der Waals surface area contributed by atoms with Gasteiger partial charge in [-0.2, -0.15) is 10.1 Å². The van der Waals surface area contributed by atoms with Crippen LogP contribution in [-0.4, -0.2) is 21.6 Å². The van der Waals surface area contributed by atoms with Gasteiger partial charge in [-0.25, -0.2) is 4.68 Å². The van der Waals surface area contributed by atoms with E-state index in [2.05, 4.69) is 10.1 Å². The average molecular weight is 330 g/mol. The van der Waals surface area contributed by atoms with E-state index in [4.69, 9.17) is 11.5 Å². The molecule has 0 fully saturated rings. The van der Waals surface area contributed by atoms with Crippen LogP contribution in [0, 0.1) is 6.92 Å². The minimum absolute atomic E-state index is 0. The molecule has 0 bridgehead atoms. The number of carbonyl (C=O) groups is 1. The number of aromatic nitrogens is 2. The van der Waals surface area contributed by atoms with E-state index < -0.39 is 5.91 Å². The first kappa shape index (κ1) is 16.5. The maximum atomic E-state index is 11.9. The summed E-state index contributed by atoms with van der Waals surface area (Å²) >= 11 is 0. The standard InChI is InChI=1S/C16H15N5O.ClH/c1-10-14(15(22)19-16(17)18)9-21(20-10)13-7-6-11-4-2-3-5-12(11)8-13;/h2-9H,1H3,(H4,17,18,19,22);1H. The summed E-state index contributed by atoms with van der Waals surface area (Å²) in [4.78, 5) is 15.5. The van der Waals surface area contributed by atoms with Crippen LogP contribution in [0.15, 0.2) is 53.7 Å². The van der Waals surface area contributed by atoms with Gasteiger partial charge in [0.05, 0.1) is 16.9 Å². The minimum Gasteiger partial charge on any atom is -0.370 e. The van der Waals surface area contributed by atoms with Gasteiger partial charge in [-0.1, -0.05) is 30.3 Å². The fourth-order valence-electron chi connectivity index (χ4n) is 2.30. The van der Waals surface area contributed by atoms with Crippen LogP contribution in [0.4, 0.5) is 0 Å². The monoisotopic (exact) mass is 329 g/mol. The van der Waals surface area contributed by atoms with Gasteiger partial charge in [-0.15, -0.1) is 12.4 Å². The van der Waals surface area contributed by atoms with E-state index in [1.165, 1.54) is 0 Å². The molecule has 4 N–H and O–H groups in total. The highest BCUT2D eigenvalue weighted by Crippen LogP contribution is 2.19. The summed E-state index contributed by atoms with van der Waals surface area (Å²) in [5.74, 6) is -0.757. The molecule has 1 aromatic heterocycles. The highest BCUT2D eigenvalue weighted by molar-refractivity contribution is 6.02. The largest absolute Gasteiger partial charge is 0.370 e. The van der Waals surface area contributed by atoms with Gasteiger partial charge in [-0.05, 0) is 29.8 Å². The van der Waals surface area contributed by atoms with E-state index in [9.17, 15) is 4.79 Å². The molecule has 0 unspecified atom stereocenters. The fourth-order valence-corrected chi connectivity index (χ4v) is 2.30. The summed E-state index contributed by atoms with van der Waals surface area (Å²) in [5.41, 5.74) is 12.3. The molecule has 0 atom stereocenters. The number of hydrogen-bond acceptors (Lipinski definition) is 2. The molecule has 2 aromatic carbocycles. The number of aliphatic imine (C=N–C) groups is 1. The molecule has 0 saturated heterocycles. The van der Waals surface area contributed by atoms with Gasteiger partial charge in [-0.3, -0.25) is 4.79 Å². The Morgan fingerprint density at radius 2 is 1.83 bits per heavy atom.